The van der Waals surface area contributed by atoms with Gasteiger partial charge in [0.2, 0.25) is 0 Å². The van der Waals surface area contributed by atoms with Crippen LogP contribution in [0.3, 0.4) is 0 Å². The second kappa shape index (κ2) is 6.20. The summed E-state index contributed by atoms with van der Waals surface area (Å²) in [6.45, 7) is 4.26. The van der Waals surface area contributed by atoms with E-state index in [0.717, 1.165) is 18.9 Å². The van der Waals surface area contributed by atoms with Gasteiger partial charge in [-0.25, -0.2) is 4.98 Å². The Morgan fingerprint density at radius 2 is 2.12 bits per heavy atom. The lowest BCUT2D eigenvalue weighted by molar-refractivity contribution is 0.0827. The summed E-state index contributed by atoms with van der Waals surface area (Å²) >= 11 is 0. The summed E-state index contributed by atoms with van der Waals surface area (Å²) in [4.78, 5) is 19.6. The Kier molecular flexibility index (Phi) is 4.90. The fourth-order valence-electron chi connectivity index (χ4n) is 1.55. The van der Waals surface area contributed by atoms with E-state index in [1.165, 1.54) is 4.90 Å². The Labute approximate surface area is 102 Å². The zero-order chi connectivity index (χ0) is 12.8. The van der Waals surface area contributed by atoms with Crippen LogP contribution in [0.5, 0.6) is 0 Å². The maximum absolute atomic E-state index is 11.7. The molecular weight excluding hydrogens is 216 g/mol. The summed E-state index contributed by atoms with van der Waals surface area (Å²) < 4.78 is 0. The third-order valence-electron chi connectivity index (χ3n) is 2.51. The van der Waals surface area contributed by atoms with Gasteiger partial charge in [0.15, 0.2) is 0 Å². The first-order chi connectivity index (χ1) is 8.10. The zero-order valence-corrected chi connectivity index (χ0v) is 10.7. The normalized spacial score (nSPS) is 10.1. The van der Waals surface area contributed by atoms with Crippen molar-refractivity contribution < 1.29 is 4.79 Å². The fourth-order valence-corrected chi connectivity index (χ4v) is 1.55. The Balaban J connectivity index is 2.83. The number of carbonyl (C=O) groups is 1. The number of amides is 1. The van der Waals surface area contributed by atoms with Crippen LogP contribution in [0, 0.1) is 0 Å². The zero-order valence-electron chi connectivity index (χ0n) is 10.7. The van der Waals surface area contributed by atoms with Crippen molar-refractivity contribution in [1.82, 2.24) is 9.88 Å². The van der Waals surface area contributed by atoms with Crippen LogP contribution in [-0.2, 0) is 0 Å². The second-order valence-electron chi connectivity index (χ2n) is 3.97. The predicted molar refractivity (Wildman–Crippen MR) is 69.2 cm³/mol. The van der Waals surface area contributed by atoms with Gasteiger partial charge in [0.05, 0.1) is 5.56 Å². The number of nitrogens with two attached hydrogens (primary N) is 1. The highest BCUT2D eigenvalue weighted by molar-refractivity contribution is 5.93. The number of rotatable bonds is 5. The van der Waals surface area contributed by atoms with Crippen LogP contribution in [-0.4, -0.2) is 49.5 Å². The molecule has 0 unspecified atom stereocenters. The third-order valence-corrected chi connectivity index (χ3v) is 2.51. The Bertz CT molecular complexity index is 361. The molecule has 0 saturated heterocycles. The van der Waals surface area contributed by atoms with Crippen molar-refractivity contribution in [2.24, 2.45) is 5.73 Å². The molecule has 1 heterocycles. The minimum absolute atomic E-state index is 0.0362. The number of hydrogen-bond acceptors (Lipinski definition) is 4. The van der Waals surface area contributed by atoms with Crippen LogP contribution in [0.4, 0.5) is 5.82 Å². The molecule has 94 valence electrons. The maximum atomic E-state index is 11.7. The van der Waals surface area contributed by atoms with Crippen molar-refractivity contribution in [2.45, 2.75) is 6.92 Å². The summed E-state index contributed by atoms with van der Waals surface area (Å²) in [5, 5.41) is 0. The van der Waals surface area contributed by atoms with Gasteiger partial charge in [-0.3, -0.25) is 4.79 Å². The second-order valence-corrected chi connectivity index (χ2v) is 3.97. The molecule has 0 bridgehead atoms. The highest BCUT2D eigenvalue weighted by Crippen LogP contribution is 2.11. The van der Waals surface area contributed by atoms with E-state index in [-0.39, 0.29) is 5.91 Å². The Morgan fingerprint density at radius 3 is 2.53 bits per heavy atom. The van der Waals surface area contributed by atoms with Gasteiger partial charge in [-0.1, -0.05) is 0 Å². The molecule has 0 fully saturated rings. The first kappa shape index (κ1) is 13.4. The molecule has 0 atom stereocenters. The maximum Gasteiger partial charge on any atom is 0.254 e. The van der Waals surface area contributed by atoms with Gasteiger partial charge < -0.3 is 15.5 Å². The largest absolute Gasteiger partial charge is 0.356 e. The molecule has 2 N–H and O–H groups in total. The van der Waals surface area contributed by atoms with Crippen molar-refractivity contribution in [3.8, 4) is 0 Å². The molecule has 0 aliphatic carbocycles. The topological polar surface area (TPSA) is 62.5 Å². The van der Waals surface area contributed by atoms with E-state index in [2.05, 4.69) is 16.8 Å². The van der Waals surface area contributed by atoms with Crippen molar-refractivity contribution >= 4 is 11.7 Å². The first-order valence-corrected chi connectivity index (χ1v) is 5.72. The van der Waals surface area contributed by atoms with Gasteiger partial charge in [0, 0.05) is 39.9 Å². The minimum Gasteiger partial charge on any atom is -0.356 e. The number of likely N-dealkylation sites (N-methyl/N-ethyl adjacent to an activating group) is 1. The molecule has 5 heteroatoms. The summed E-state index contributed by atoms with van der Waals surface area (Å²) in [5.74, 6) is 0.819. The SMILES string of the molecule is CCN(CCN)c1ccc(C(=O)N(C)C)cn1. The molecule has 1 aromatic rings. The Hall–Kier alpha value is -1.62. The summed E-state index contributed by atoms with van der Waals surface area (Å²) in [6, 6.07) is 3.65. The molecule has 0 saturated carbocycles. The molecule has 0 aliphatic rings. The van der Waals surface area contributed by atoms with Crippen molar-refractivity contribution in [3.63, 3.8) is 0 Å². The lowest BCUT2D eigenvalue weighted by Gasteiger charge is -2.21. The van der Waals surface area contributed by atoms with Crippen LogP contribution < -0.4 is 10.6 Å². The lowest BCUT2D eigenvalue weighted by Crippen LogP contribution is -2.30. The minimum atomic E-state index is -0.0362. The van der Waals surface area contributed by atoms with Gasteiger partial charge in [0.1, 0.15) is 5.82 Å². The molecule has 0 radical (unpaired) electrons. The molecule has 1 rings (SSSR count). The fraction of sp³-hybridized carbons (Fsp3) is 0.500. The molecule has 0 spiro atoms. The van der Waals surface area contributed by atoms with Crippen LogP contribution in [0.2, 0.25) is 0 Å². The molecular formula is C12H20N4O. The molecule has 5 nitrogen and oxygen atoms in total. The molecule has 1 aromatic heterocycles. The van der Waals surface area contributed by atoms with Crippen LogP contribution in [0.25, 0.3) is 0 Å². The summed E-state index contributed by atoms with van der Waals surface area (Å²) in [7, 11) is 3.45. The van der Waals surface area contributed by atoms with Crippen LogP contribution in [0.15, 0.2) is 18.3 Å². The molecule has 17 heavy (non-hydrogen) atoms. The van der Waals surface area contributed by atoms with Gasteiger partial charge >= 0.3 is 0 Å². The lowest BCUT2D eigenvalue weighted by atomic mass is 10.2. The average molecular weight is 236 g/mol. The quantitative estimate of drug-likeness (QED) is 0.812. The number of hydrogen-bond donors (Lipinski definition) is 1. The number of aromatic nitrogens is 1. The van der Waals surface area contributed by atoms with E-state index in [9.17, 15) is 4.79 Å². The van der Waals surface area contributed by atoms with Crippen molar-refractivity contribution in [2.75, 3.05) is 38.6 Å². The van der Waals surface area contributed by atoms with Crippen molar-refractivity contribution in [1.29, 1.82) is 0 Å². The number of nitrogens with zero attached hydrogens (tertiary/aromatic N) is 3. The van der Waals surface area contributed by atoms with E-state index in [0.29, 0.717) is 12.1 Å². The van der Waals surface area contributed by atoms with Gasteiger partial charge in [-0.15, -0.1) is 0 Å². The number of carbonyl (C=O) groups excluding carboxylic acids is 1. The third kappa shape index (κ3) is 3.42. The number of pyridine rings is 1. The van der Waals surface area contributed by atoms with Crippen molar-refractivity contribution in [3.05, 3.63) is 23.9 Å². The van der Waals surface area contributed by atoms with Crippen LogP contribution >= 0.6 is 0 Å². The van der Waals surface area contributed by atoms with E-state index in [4.69, 9.17) is 5.73 Å². The predicted octanol–water partition coefficient (Wildman–Crippen LogP) is 0.568. The van der Waals surface area contributed by atoms with E-state index in [1.54, 1.807) is 26.4 Å². The van der Waals surface area contributed by atoms with E-state index < -0.39 is 0 Å². The molecule has 0 aromatic carbocycles. The number of anilines is 1. The van der Waals surface area contributed by atoms with Gasteiger partial charge in [0.25, 0.3) is 5.91 Å². The van der Waals surface area contributed by atoms with E-state index >= 15 is 0 Å². The highest BCUT2D eigenvalue weighted by Gasteiger charge is 2.10. The average Bonchev–Trinajstić information content (AvgIpc) is 2.35. The molecule has 1 amide bonds. The van der Waals surface area contributed by atoms with Gasteiger partial charge in [-0.05, 0) is 19.1 Å². The summed E-state index contributed by atoms with van der Waals surface area (Å²) in [5.41, 5.74) is 6.13. The summed E-state index contributed by atoms with van der Waals surface area (Å²) in [6.07, 6.45) is 1.61. The molecule has 0 aliphatic heterocycles. The highest BCUT2D eigenvalue weighted by atomic mass is 16.2. The standard InChI is InChI=1S/C12H20N4O/c1-4-16(8-7-13)11-6-5-10(9-14-11)12(17)15(2)3/h5-6,9H,4,7-8,13H2,1-3H3. The smallest absolute Gasteiger partial charge is 0.254 e. The van der Waals surface area contributed by atoms with Crippen LogP contribution in [0.1, 0.15) is 17.3 Å². The Morgan fingerprint density at radius 1 is 1.41 bits per heavy atom. The van der Waals surface area contributed by atoms with Gasteiger partial charge in [-0.2, -0.15) is 0 Å². The first-order valence-electron chi connectivity index (χ1n) is 5.72. The van der Waals surface area contributed by atoms with E-state index in [1.807, 2.05) is 6.07 Å². The monoisotopic (exact) mass is 236 g/mol.